The zero-order valence-electron chi connectivity index (χ0n) is 16.7. The summed E-state index contributed by atoms with van der Waals surface area (Å²) in [5, 5.41) is 2.98. The van der Waals surface area contributed by atoms with Crippen molar-refractivity contribution >= 4 is 11.8 Å². The summed E-state index contributed by atoms with van der Waals surface area (Å²) in [5.74, 6) is -0.125. The molecule has 1 saturated heterocycles. The molecule has 2 amide bonds. The van der Waals surface area contributed by atoms with Crippen LogP contribution < -0.4 is 5.32 Å². The van der Waals surface area contributed by atoms with Gasteiger partial charge >= 0.3 is 0 Å². The van der Waals surface area contributed by atoms with E-state index in [1.165, 1.54) is 5.56 Å². The SMILES string of the molecule is Cc1ccc(CCC(=O)N[C@H](C(=O)N2CCN(C)CC2)c2ccccc2)cc1. The molecule has 0 aromatic heterocycles. The van der Waals surface area contributed by atoms with Gasteiger partial charge in [-0.25, -0.2) is 0 Å². The van der Waals surface area contributed by atoms with Crippen molar-refractivity contribution in [3.8, 4) is 0 Å². The van der Waals surface area contributed by atoms with E-state index in [9.17, 15) is 9.59 Å². The highest BCUT2D eigenvalue weighted by molar-refractivity contribution is 5.88. The van der Waals surface area contributed by atoms with Gasteiger partial charge in [-0.2, -0.15) is 0 Å². The molecule has 5 heteroatoms. The molecule has 0 bridgehead atoms. The molecule has 1 aliphatic heterocycles. The number of amides is 2. The maximum atomic E-state index is 13.1. The number of nitrogens with one attached hydrogen (secondary N) is 1. The number of hydrogen-bond donors (Lipinski definition) is 1. The highest BCUT2D eigenvalue weighted by Crippen LogP contribution is 2.18. The van der Waals surface area contributed by atoms with Gasteiger partial charge in [0.1, 0.15) is 6.04 Å². The Balaban J connectivity index is 1.66. The summed E-state index contributed by atoms with van der Waals surface area (Å²) in [6.45, 7) is 5.14. The van der Waals surface area contributed by atoms with E-state index in [0.29, 0.717) is 25.9 Å². The zero-order chi connectivity index (χ0) is 19.9. The Morgan fingerprint density at radius 3 is 2.25 bits per heavy atom. The average molecular weight is 380 g/mol. The summed E-state index contributed by atoms with van der Waals surface area (Å²) in [7, 11) is 2.06. The van der Waals surface area contributed by atoms with Gasteiger partial charge in [0.05, 0.1) is 0 Å². The number of carbonyl (C=O) groups is 2. The van der Waals surface area contributed by atoms with Gasteiger partial charge in [0.15, 0.2) is 0 Å². The molecule has 1 heterocycles. The largest absolute Gasteiger partial charge is 0.341 e. The fourth-order valence-electron chi connectivity index (χ4n) is 3.39. The van der Waals surface area contributed by atoms with E-state index in [-0.39, 0.29) is 11.8 Å². The number of carbonyl (C=O) groups excluding carboxylic acids is 2. The number of likely N-dealkylation sites (N-methyl/N-ethyl adjacent to an activating group) is 1. The fraction of sp³-hybridized carbons (Fsp3) is 0.391. The molecule has 0 aliphatic carbocycles. The molecule has 28 heavy (non-hydrogen) atoms. The summed E-state index contributed by atoms with van der Waals surface area (Å²) in [6.07, 6.45) is 1.03. The van der Waals surface area contributed by atoms with Crippen LogP contribution >= 0.6 is 0 Å². The van der Waals surface area contributed by atoms with Crippen molar-refractivity contribution in [2.45, 2.75) is 25.8 Å². The minimum atomic E-state index is -0.630. The maximum absolute atomic E-state index is 13.1. The van der Waals surface area contributed by atoms with Crippen LogP contribution in [-0.2, 0) is 16.0 Å². The molecule has 5 nitrogen and oxygen atoms in total. The first kappa shape index (κ1) is 20.1. The number of piperazine rings is 1. The molecule has 1 fully saturated rings. The van der Waals surface area contributed by atoms with E-state index in [1.54, 1.807) is 0 Å². The lowest BCUT2D eigenvalue weighted by Crippen LogP contribution is -2.51. The third-order valence-electron chi connectivity index (χ3n) is 5.26. The molecular formula is C23H29N3O2. The molecule has 1 aliphatic rings. The standard InChI is InChI=1S/C23H29N3O2/c1-18-8-10-19(11-9-18)12-13-21(27)24-22(20-6-4-3-5-7-20)23(28)26-16-14-25(2)15-17-26/h3-11,22H,12-17H2,1-2H3,(H,24,27)/t22-/m0/s1. The van der Waals surface area contributed by atoms with E-state index >= 15 is 0 Å². The topological polar surface area (TPSA) is 52.7 Å². The minimum Gasteiger partial charge on any atom is -0.341 e. The fourth-order valence-corrected chi connectivity index (χ4v) is 3.39. The van der Waals surface area contributed by atoms with Crippen molar-refractivity contribution in [1.82, 2.24) is 15.1 Å². The lowest BCUT2D eigenvalue weighted by molar-refractivity contribution is -0.138. The Morgan fingerprint density at radius 1 is 0.964 bits per heavy atom. The first-order chi connectivity index (χ1) is 13.5. The van der Waals surface area contributed by atoms with Gasteiger partial charge in [-0.15, -0.1) is 0 Å². The highest BCUT2D eigenvalue weighted by atomic mass is 16.2. The quantitative estimate of drug-likeness (QED) is 0.839. The van der Waals surface area contributed by atoms with Gasteiger partial charge in [0.2, 0.25) is 11.8 Å². The first-order valence-electron chi connectivity index (χ1n) is 9.90. The van der Waals surface area contributed by atoms with E-state index < -0.39 is 6.04 Å². The van der Waals surface area contributed by atoms with E-state index in [0.717, 1.165) is 24.2 Å². The van der Waals surface area contributed by atoms with Crippen molar-refractivity contribution in [1.29, 1.82) is 0 Å². The number of aryl methyl sites for hydroxylation is 2. The van der Waals surface area contributed by atoms with Crippen LogP contribution in [0.2, 0.25) is 0 Å². The van der Waals surface area contributed by atoms with Crippen molar-refractivity contribution < 1.29 is 9.59 Å². The smallest absolute Gasteiger partial charge is 0.249 e. The Kier molecular flexibility index (Phi) is 6.82. The number of benzene rings is 2. The van der Waals surface area contributed by atoms with Gasteiger partial charge in [-0.1, -0.05) is 60.2 Å². The normalized spacial score (nSPS) is 15.9. The van der Waals surface area contributed by atoms with E-state index in [1.807, 2.05) is 54.3 Å². The Labute approximate surface area is 167 Å². The van der Waals surface area contributed by atoms with Crippen LogP contribution in [0, 0.1) is 6.92 Å². The van der Waals surface area contributed by atoms with Crippen LogP contribution in [0.5, 0.6) is 0 Å². The highest BCUT2D eigenvalue weighted by Gasteiger charge is 2.29. The number of nitrogens with zero attached hydrogens (tertiary/aromatic N) is 2. The Morgan fingerprint density at radius 2 is 1.61 bits per heavy atom. The van der Waals surface area contributed by atoms with Gasteiger partial charge in [0, 0.05) is 32.6 Å². The molecular weight excluding hydrogens is 350 g/mol. The van der Waals surface area contributed by atoms with Gasteiger partial charge < -0.3 is 15.1 Å². The maximum Gasteiger partial charge on any atom is 0.249 e. The molecule has 3 rings (SSSR count). The second-order valence-electron chi connectivity index (χ2n) is 7.53. The van der Waals surface area contributed by atoms with Crippen molar-refractivity contribution in [3.63, 3.8) is 0 Å². The summed E-state index contributed by atoms with van der Waals surface area (Å²) >= 11 is 0. The Hall–Kier alpha value is -2.66. The third-order valence-corrected chi connectivity index (χ3v) is 5.26. The molecule has 1 atom stereocenters. The van der Waals surface area contributed by atoms with Gasteiger partial charge in [-0.3, -0.25) is 9.59 Å². The van der Waals surface area contributed by atoms with Crippen LogP contribution in [0.4, 0.5) is 0 Å². The minimum absolute atomic E-state index is 0.0250. The van der Waals surface area contributed by atoms with Crippen LogP contribution in [0.15, 0.2) is 54.6 Å². The van der Waals surface area contributed by atoms with Crippen molar-refractivity contribution in [2.24, 2.45) is 0 Å². The number of hydrogen-bond acceptors (Lipinski definition) is 3. The lowest BCUT2D eigenvalue weighted by Gasteiger charge is -2.35. The second kappa shape index (κ2) is 9.51. The van der Waals surface area contributed by atoms with E-state index in [2.05, 4.69) is 29.4 Å². The van der Waals surface area contributed by atoms with Gasteiger partial charge in [0.25, 0.3) is 0 Å². The predicted octanol–water partition coefficient (Wildman–Crippen LogP) is 2.56. The van der Waals surface area contributed by atoms with Gasteiger partial charge in [-0.05, 0) is 31.5 Å². The summed E-state index contributed by atoms with van der Waals surface area (Å²) in [6, 6.07) is 17.1. The molecule has 148 valence electrons. The summed E-state index contributed by atoms with van der Waals surface area (Å²) < 4.78 is 0. The molecule has 0 spiro atoms. The molecule has 1 N–H and O–H groups in total. The Bertz CT molecular complexity index is 781. The molecule has 2 aromatic carbocycles. The van der Waals surface area contributed by atoms with Crippen LogP contribution in [0.25, 0.3) is 0 Å². The zero-order valence-corrected chi connectivity index (χ0v) is 16.7. The molecule has 0 saturated carbocycles. The first-order valence-corrected chi connectivity index (χ1v) is 9.90. The molecule has 2 aromatic rings. The third kappa shape index (κ3) is 5.42. The van der Waals surface area contributed by atoms with Crippen LogP contribution in [0.1, 0.15) is 29.2 Å². The average Bonchev–Trinajstić information content (AvgIpc) is 2.72. The summed E-state index contributed by atoms with van der Waals surface area (Å²) in [5.41, 5.74) is 3.16. The monoisotopic (exact) mass is 379 g/mol. The van der Waals surface area contributed by atoms with Crippen LogP contribution in [0.3, 0.4) is 0 Å². The summed E-state index contributed by atoms with van der Waals surface area (Å²) in [4.78, 5) is 29.8. The van der Waals surface area contributed by atoms with Crippen molar-refractivity contribution in [3.05, 3.63) is 71.3 Å². The lowest BCUT2D eigenvalue weighted by atomic mass is 10.0. The van der Waals surface area contributed by atoms with E-state index in [4.69, 9.17) is 0 Å². The molecule has 0 radical (unpaired) electrons. The molecule has 0 unspecified atom stereocenters. The van der Waals surface area contributed by atoms with Crippen LogP contribution in [-0.4, -0.2) is 54.8 Å². The van der Waals surface area contributed by atoms with Crippen molar-refractivity contribution in [2.75, 3.05) is 33.2 Å². The second-order valence-corrected chi connectivity index (χ2v) is 7.53. The number of rotatable bonds is 6. The predicted molar refractivity (Wildman–Crippen MR) is 111 cm³/mol.